The zero-order valence-electron chi connectivity index (χ0n) is 13.2. The number of nitrogens with one attached hydrogen (secondary N) is 1. The highest BCUT2D eigenvalue weighted by Gasteiger charge is 2.31. The van der Waals surface area contributed by atoms with Gasteiger partial charge in [0.25, 0.3) is 6.43 Å². The second-order valence-electron chi connectivity index (χ2n) is 4.66. The number of aromatic nitrogens is 2. The fourth-order valence-corrected chi connectivity index (χ4v) is 1.88. The minimum absolute atomic E-state index is 0.169. The monoisotopic (exact) mass is 346 g/mol. The maximum absolute atomic E-state index is 12.8. The van der Waals surface area contributed by atoms with E-state index in [0.717, 1.165) is 10.8 Å². The van der Waals surface area contributed by atoms with Crippen LogP contribution in [0.4, 0.5) is 14.5 Å². The standard InChI is InChI=1S/C13H16F2N4O5/c1-4-24-10(21)5-7(2)16-9(20)6-18-8(3)12(19(22)23)11(17-18)13(14)15/h5,13H,4,6H2,1-3H3,(H,16,20)/b7-5+. The van der Waals surface area contributed by atoms with Gasteiger partial charge >= 0.3 is 11.7 Å². The summed E-state index contributed by atoms with van der Waals surface area (Å²) in [5.41, 5.74) is -1.81. The van der Waals surface area contributed by atoms with Crippen molar-refractivity contribution in [2.24, 2.45) is 0 Å². The Hall–Kier alpha value is -2.85. The third-order valence-electron chi connectivity index (χ3n) is 2.84. The van der Waals surface area contributed by atoms with E-state index in [0.29, 0.717) is 0 Å². The summed E-state index contributed by atoms with van der Waals surface area (Å²) in [5.74, 6) is -1.34. The minimum atomic E-state index is -3.14. The average molecular weight is 346 g/mol. The molecule has 1 rings (SSSR count). The molecule has 0 unspecified atom stereocenters. The van der Waals surface area contributed by atoms with E-state index in [2.05, 4.69) is 15.2 Å². The molecule has 1 N–H and O–H groups in total. The van der Waals surface area contributed by atoms with Crippen molar-refractivity contribution in [3.05, 3.63) is 33.3 Å². The first kappa shape index (κ1) is 19.2. The molecule has 0 aliphatic carbocycles. The molecule has 24 heavy (non-hydrogen) atoms. The lowest BCUT2D eigenvalue weighted by molar-refractivity contribution is -0.386. The van der Waals surface area contributed by atoms with Gasteiger partial charge in [0, 0.05) is 11.8 Å². The normalized spacial score (nSPS) is 11.5. The fourth-order valence-electron chi connectivity index (χ4n) is 1.88. The summed E-state index contributed by atoms with van der Waals surface area (Å²) >= 11 is 0. The Morgan fingerprint density at radius 2 is 2.12 bits per heavy atom. The minimum Gasteiger partial charge on any atom is -0.463 e. The van der Waals surface area contributed by atoms with Crippen LogP contribution in [0.25, 0.3) is 0 Å². The number of allylic oxidation sites excluding steroid dienone is 1. The van der Waals surface area contributed by atoms with Gasteiger partial charge in [-0.05, 0) is 20.8 Å². The van der Waals surface area contributed by atoms with Gasteiger partial charge in [0.2, 0.25) is 11.6 Å². The van der Waals surface area contributed by atoms with Crippen molar-refractivity contribution in [3.63, 3.8) is 0 Å². The van der Waals surface area contributed by atoms with Crippen molar-refractivity contribution in [1.29, 1.82) is 0 Å². The number of esters is 1. The summed E-state index contributed by atoms with van der Waals surface area (Å²) in [6.45, 7) is 3.91. The van der Waals surface area contributed by atoms with E-state index in [4.69, 9.17) is 0 Å². The van der Waals surface area contributed by atoms with E-state index in [1.807, 2.05) is 0 Å². The number of amides is 1. The summed E-state index contributed by atoms with van der Waals surface area (Å²) in [6.07, 6.45) is -2.09. The molecule has 0 atom stereocenters. The van der Waals surface area contributed by atoms with E-state index >= 15 is 0 Å². The summed E-state index contributed by atoms with van der Waals surface area (Å²) in [5, 5.41) is 16.6. The van der Waals surface area contributed by atoms with Crippen LogP contribution in [0.15, 0.2) is 11.8 Å². The van der Waals surface area contributed by atoms with Crippen LogP contribution >= 0.6 is 0 Å². The third-order valence-corrected chi connectivity index (χ3v) is 2.84. The van der Waals surface area contributed by atoms with Gasteiger partial charge in [-0.1, -0.05) is 0 Å². The Labute approximate surface area is 135 Å². The highest BCUT2D eigenvalue weighted by atomic mass is 19.3. The average Bonchev–Trinajstić information content (AvgIpc) is 2.76. The molecule has 0 spiro atoms. The first-order valence-corrected chi connectivity index (χ1v) is 6.82. The number of carbonyl (C=O) groups excluding carboxylic acids is 2. The van der Waals surface area contributed by atoms with Crippen LogP contribution in [-0.4, -0.2) is 33.2 Å². The molecule has 0 aromatic carbocycles. The van der Waals surface area contributed by atoms with E-state index in [9.17, 15) is 28.5 Å². The van der Waals surface area contributed by atoms with Gasteiger partial charge in [0.1, 0.15) is 12.2 Å². The van der Waals surface area contributed by atoms with Crippen molar-refractivity contribution >= 4 is 17.6 Å². The molecule has 1 aromatic rings. The fraction of sp³-hybridized carbons (Fsp3) is 0.462. The van der Waals surface area contributed by atoms with Crippen molar-refractivity contribution in [3.8, 4) is 0 Å². The van der Waals surface area contributed by atoms with Crippen molar-refractivity contribution < 1.29 is 28.0 Å². The Morgan fingerprint density at radius 3 is 2.58 bits per heavy atom. The quantitative estimate of drug-likeness (QED) is 0.347. The number of nitrogens with zero attached hydrogens (tertiary/aromatic N) is 3. The number of ether oxygens (including phenoxy) is 1. The molecule has 0 radical (unpaired) electrons. The second-order valence-corrected chi connectivity index (χ2v) is 4.66. The van der Waals surface area contributed by atoms with Crippen LogP contribution in [-0.2, 0) is 20.9 Å². The Kier molecular flexibility index (Phi) is 6.50. The lowest BCUT2D eigenvalue weighted by atomic mass is 10.3. The van der Waals surface area contributed by atoms with E-state index in [-0.39, 0.29) is 18.0 Å². The molecular formula is C13H16F2N4O5. The number of halogens is 2. The maximum Gasteiger partial charge on any atom is 0.332 e. The lowest BCUT2D eigenvalue weighted by Gasteiger charge is -2.06. The van der Waals surface area contributed by atoms with Crippen LogP contribution in [0.5, 0.6) is 0 Å². The van der Waals surface area contributed by atoms with Crippen LogP contribution in [0, 0.1) is 17.0 Å². The molecule has 0 saturated heterocycles. The van der Waals surface area contributed by atoms with Crippen LogP contribution in [0.2, 0.25) is 0 Å². The smallest absolute Gasteiger partial charge is 0.332 e. The van der Waals surface area contributed by atoms with Gasteiger partial charge in [-0.15, -0.1) is 0 Å². The molecule has 0 aliphatic rings. The number of rotatable bonds is 7. The van der Waals surface area contributed by atoms with E-state index < -0.39 is 41.2 Å². The molecule has 132 valence electrons. The SMILES string of the molecule is CCOC(=O)/C=C(\C)NC(=O)Cn1nc(C(F)F)c([N+](=O)[O-])c1C. The van der Waals surface area contributed by atoms with Crippen molar-refractivity contribution in [2.75, 3.05) is 6.61 Å². The number of alkyl halides is 2. The summed E-state index contributed by atoms with van der Waals surface area (Å²) in [4.78, 5) is 33.0. The number of hydrogen-bond acceptors (Lipinski definition) is 6. The zero-order chi connectivity index (χ0) is 18.4. The van der Waals surface area contributed by atoms with Gasteiger partial charge in [-0.2, -0.15) is 5.10 Å². The second kappa shape index (κ2) is 8.13. The van der Waals surface area contributed by atoms with Gasteiger partial charge < -0.3 is 10.1 Å². The summed E-state index contributed by atoms with van der Waals surface area (Å²) in [7, 11) is 0. The summed E-state index contributed by atoms with van der Waals surface area (Å²) in [6, 6.07) is 0. The molecule has 1 amide bonds. The number of hydrogen-bond donors (Lipinski definition) is 1. The Balaban J connectivity index is 2.90. The largest absolute Gasteiger partial charge is 0.463 e. The van der Waals surface area contributed by atoms with Crippen LogP contribution in [0.1, 0.15) is 31.7 Å². The van der Waals surface area contributed by atoms with Crippen molar-refractivity contribution in [1.82, 2.24) is 15.1 Å². The van der Waals surface area contributed by atoms with Crippen molar-refractivity contribution in [2.45, 2.75) is 33.7 Å². The molecule has 0 saturated carbocycles. The van der Waals surface area contributed by atoms with Crippen LogP contribution < -0.4 is 5.32 Å². The zero-order valence-corrected chi connectivity index (χ0v) is 13.2. The predicted molar refractivity (Wildman–Crippen MR) is 77.1 cm³/mol. The van der Waals surface area contributed by atoms with Gasteiger partial charge in [-0.3, -0.25) is 19.6 Å². The van der Waals surface area contributed by atoms with Gasteiger partial charge in [0.05, 0.1) is 11.5 Å². The Morgan fingerprint density at radius 1 is 1.50 bits per heavy atom. The Bertz CT molecular complexity index is 684. The molecule has 1 heterocycles. The molecule has 9 nitrogen and oxygen atoms in total. The first-order valence-electron chi connectivity index (χ1n) is 6.82. The topological polar surface area (TPSA) is 116 Å². The summed E-state index contributed by atoms with van der Waals surface area (Å²) < 4.78 is 31.1. The highest BCUT2D eigenvalue weighted by molar-refractivity contribution is 5.84. The number of nitro groups is 1. The molecular weight excluding hydrogens is 330 g/mol. The maximum atomic E-state index is 12.8. The molecule has 1 aromatic heterocycles. The van der Waals surface area contributed by atoms with E-state index in [1.54, 1.807) is 6.92 Å². The van der Waals surface area contributed by atoms with E-state index in [1.165, 1.54) is 13.8 Å². The third kappa shape index (κ3) is 4.83. The molecule has 0 aliphatic heterocycles. The van der Waals surface area contributed by atoms with Gasteiger partial charge in [0.15, 0.2) is 0 Å². The first-order chi connectivity index (χ1) is 11.2. The highest BCUT2D eigenvalue weighted by Crippen LogP contribution is 2.30. The molecule has 11 heteroatoms. The van der Waals surface area contributed by atoms with Crippen LogP contribution in [0.3, 0.4) is 0 Å². The van der Waals surface area contributed by atoms with Gasteiger partial charge in [-0.25, -0.2) is 13.6 Å². The lowest BCUT2D eigenvalue weighted by Crippen LogP contribution is -2.27. The predicted octanol–water partition coefficient (Wildman–Crippen LogP) is 1.62. The molecule has 0 fully saturated rings. The molecule has 0 bridgehead atoms. The number of carbonyl (C=O) groups is 2.